The maximum absolute atomic E-state index is 13.2. The number of thiazole rings is 1. The van der Waals surface area contributed by atoms with E-state index in [2.05, 4.69) is 25.9 Å². The average molecular weight is 459 g/mol. The Morgan fingerprint density at radius 1 is 1.26 bits per heavy atom. The van der Waals surface area contributed by atoms with Crippen LogP contribution in [0.15, 0.2) is 57.6 Å². The fraction of sp³-hybridized carbons (Fsp3) is 0.0556. The number of pyridine rings is 1. The van der Waals surface area contributed by atoms with Gasteiger partial charge in [0, 0.05) is 28.7 Å². The van der Waals surface area contributed by atoms with Crippen LogP contribution in [0, 0.1) is 18.3 Å². The highest BCUT2D eigenvalue weighted by Gasteiger charge is 2.24. The van der Waals surface area contributed by atoms with Crippen molar-refractivity contribution in [1.29, 1.82) is 5.26 Å². The fourth-order valence-corrected chi connectivity index (χ4v) is 5.30. The van der Waals surface area contributed by atoms with Gasteiger partial charge in [-0.2, -0.15) is 5.26 Å². The molecule has 0 N–H and O–H groups in total. The van der Waals surface area contributed by atoms with Crippen molar-refractivity contribution in [3.8, 4) is 16.6 Å². The lowest BCUT2D eigenvalue weighted by Gasteiger charge is -2.07. The summed E-state index contributed by atoms with van der Waals surface area (Å²) in [5.41, 5.74) is 2.19. The van der Waals surface area contributed by atoms with E-state index in [1.54, 1.807) is 30.3 Å². The van der Waals surface area contributed by atoms with Crippen LogP contribution in [0.2, 0.25) is 0 Å². The van der Waals surface area contributed by atoms with Crippen molar-refractivity contribution < 1.29 is 8.42 Å². The van der Waals surface area contributed by atoms with E-state index in [1.165, 1.54) is 23.7 Å². The van der Waals surface area contributed by atoms with Gasteiger partial charge in [0.1, 0.15) is 15.7 Å². The minimum absolute atomic E-state index is 0.169. The van der Waals surface area contributed by atoms with Crippen LogP contribution in [0.25, 0.3) is 21.6 Å². The van der Waals surface area contributed by atoms with Gasteiger partial charge in [0.15, 0.2) is 5.65 Å². The van der Waals surface area contributed by atoms with E-state index in [1.807, 2.05) is 18.4 Å². The second-order valence-electron chi connectivity index (χ2n) is 5.84. The predicted octanol–water partition coefficient (Wildman–Crippen LogP) is 4.34. The van der Waals surface area contributed by atoms with Crippen LogP contribution in [0.3, 0.4) is 0 Å². The van der Waals surface area contributed by atoms with Crippen LogP contribution in [0.5, 0.6) is 0 Å². The molecule has 0 spiro atoms. The van der Waals surface area contributed by atoms with Crippen molar-refractivity contribution >= 4 is 48.3 Å². The molecule has 0 aliphatic carbocycles. The fourth-order valence-electron chi connectivity index (χ4n) is 2.70. The maximum Gasteiger partial charge on any atom is 0.269 e. The first-order valence-corrected chi connectivity index (χ1v) is 10.9. The van der Waals surface area contributed by atoms with E-state index >= 15 is 0 Å². The number of benzene rings is 1. The standard InChI is InChI=1S/C18H11BrN4O2S2/c1-11-2-4-13(5-3-11)27(24,25)23-9-15(18-22-16(19)10-26-18)14-6-12(7-20)8-21-17(14)23/h2-6,8-10H,1H3. The van der Waals surface area contributed by atoms with Crippen LogP contribution in [-0.2, 0) is 10.0 Å². The van der Waals surface area contributed by atoms with Gasteiger partial charge in [-0.3, -0.25) is 0 Å². The summed E-state index contributed by atoms with van der Waals surface area (Å²) >= 11 is 4.69. The third-order valence-corrected chi connectivity index (χ3v) is 7.27. The molecule has 4 rings (SSSR count). The Kier molecular flexibility index (Phi) is 4.34. The molecule has 3 aromatic heterocycles. The summed E-state index contributed by atoms with van der Waals surface area (Å²) in [7, 11) is -3.85. The minimum Gasteiger partial charge on any atom is -0.236 e. The zero-order chi connectivity index (χ0) is 19.2. The van der Waals surface area contributed by atoms with Crippen LogP contribution in [0.4, 0.5) is 0 Å². The minimum atomic E-state index is -3.85. The molecule has 0 unspecified atom stereocenters. The molecule has 0 saturated heterocycles. The molecular formula is C18H11BrN4O2S2. The summed E-state index contributed by atoms with van der Waals surface area (Å²) in [5.74, 6) is 0. The van der Waals surface area contributed by atoms with Crippen molar-refractivity contribution in [2.24, 2.45) is 0 Å². The van der Waals surface area contributed by atoms with Crippen LogP contribution < -0.4 is 0 Å². The van der Waals surface area contributed by atoms with Gasteiger partial charge in [-0.25, -0.2) is 22.4 Å². The lowest BCUT2D eigenvalue weighted by atomic mass is 10.2. The number of fused-ring (bicyclic) bond motifs is 1. The molecule has 0 radical (unpaired) electrons. The Morgan fingerprint density at radius 2 is 2.00 bits per heavy atom. The average Bonchev–Trinajstić information content (AvgIpc) is 3.25. The topological polar surface area (TPSA) is 88.6 Å². The largest absolute Gasteiger partial charge is 0.269 e. The van der Waals surface area contributed by atoms with E-state index < -0.39 is 10.0 Å². The predicted molar refractivity (Wildman–Crippen MR) is 107 cm³/mol. The second kappa shape index (κ2) is 6.56. The van der Waals surface area contributed by atoms with E-state index in [-0.39, 0.29) is 10.5 Å². The first kappa shape index (κ1) is 17.9. The molecule has 134 valence electrons. The zero-order valence-electron chi connectivity index (χ0n) is 13.9. The summed E-state index contributed by atoms with van der Waals surface area (Å²) in [6.07, 6.45) is 2.88. The zero-order valence-corrected chi connectivity index (χ0v) is 17.1. The Labute approximate surface area is 167 Å². The van der Waals surface area contributed by atoms with E-state index in [0.29, 0.717) is 26.1 Å². The van der Waals surface area contributed by atoms with Gasteiger partial charge in [0.2, 0.25) is 0 Å². The molecule has 0 saturated carbocycles. The molecule has 0 amide bonds. The van der Waals surface area contributed by atoms with E-state index in [4.69, 9.17) is 0 Å². The molecule has 9 heteroatoms. The highest BCUT2D eigenvalue weighted by molar-refractivity contribution is 9.10. The highest BCUT2D eigenvalue weighted by atomic mass is 79.9. The molecule has 0 fully saturated rings. The summed E-state index contributed by atoms with van der Waals surface area (Å²) in [4.78, 5) is 8.79. The van der Waals surface area contributed by atoms with Crippen molar-refractivity contribution in [3.63, 3.8) is 0 Å². The molecule has 3 heterocycles. The number of rotatable bonds is 3. The molecule has 4 aromatic rings. The molecule has 0 atom stereocenters. The van der Waals surface area contributed by atoms with Crippen LogP contribution in [0.1, 0.15) is 11.1 Å². The van der Waals surface area contributed by atoms with Gasteiger partial charge in [-0.1, -0.05) is 17.7 Å². The lowest BCUT2D eigenvalue weighted by molar-refractivity contribution is 0.589. The molecule has 27 heavy (non-hydrogen) atoms. The number of aryl methyl sites for hydroxylation is 1. The van der Waals surface area contributed by atoms with Gasteiger partial charge in [-0.15, -0.1) is 11.3 Å². The van der Waals surface area contributed by atoms with Crippen molar-refractivity contribution in [3.05, 3.63) is 63.8 Å². The Balaban J connectivity index is 2.01. The summed E-state index contributed by atoms with van der Waals surface area (Å²) < 4.78 is 28.2. The monoisotopic (exact) mass is 458 g/mol. The Hall–Kier alpha value is -2.54. The van der Waals surface area contributed by atoms with Gasteiger partial charge in [0.05, 0.1) is 10.5 Å². The van der Waals surface area contributed by atoms with Gasteiger partial charge < -0.3 is 0 Å². The summed E-state index contributed by atoms with van der Waals surface area (Å²) in [5, 5.41) is 12.2. The SMILES string of the molecule is Cc1ccc(S(=O)(=O)n2cc(-c3nc(Br)cs3)c3cc(C#N)cnc32)cc1. The van der Waals surface area contributed by atoms with Gasteiger partial charge in [0.25, 0.3) is 10.0 Å². The molecule has 0 bridgehead atoms. The van der Waals surface area contributed by atoms with Crippen LogP contribution >= 0.6 is 27.3 Å². The van der Waals surface area contributed by atoms with Crippen LogP contribution in [-0.4, -0.2) is 22.4 Å². The summed E-state index contributed by atoms with van der Waals surface area (Å²) in [6.45, 7) is 1.89. The number of nitriles is 1. The lowest BCUT2D eigenvalue weighted by Crippen LogP contribution is -2.12. The summed E-state index contributed by atoms with van der Waals surface area (Å²) in [6, 6.07) is 10.3. The second-order valence-corrected chi connectivity index (χ2v) is 9.32. The molecule has 0 aliphatic rings. The molecule has 1 aromatic carbocycles. The number of halogens is 1. The first-order chi connectivity index (χ1) is 12.9. The smallest absolute Gasteiger partial charge is 0.236 e. The third kappa shape index (κ3) is 3.06. The Bertz CT molecular complexity index is 1320. The van der Waals surface area contributed by atoms with Crippen molar-refractivity contribution in [2.75, 3.05) is 0 Å². The quantitative estimate of drug-likeness (QED) is 0.455. The molecular weight excluding hydrogens is 448 g/mol. The third-order valence-electron chi connectivity index (χ3n) is 4.03. The highest BCUT2D eigenvalue weighted by Crippen LogP contribution is 2.35. The number of nitrogens with zero attached hydrogens (tertiary/aromatic N) is 4. The Morgan fingerprint density at radius 3 is 2.63 bits per heavy atom. The van der Waals surface area contributed by atoms with Crippen molar-refractivity contribution in [1.82, 2.24) is 13.9 Å². The van der Waals surface area contributed by atoms with E-state index in [9.17, 15) is 13.7 Å². The molecule has 0 aliphatic heterocycles. The van der Waals surface area contributed by atoms with E-state index in [0.717, 1.165) is 9.54 Å². The van der Waals surface area contributed by atoms with Gasteiger partial charge >= 0.3 is 0 Å². The number of hydrogen-bond acceptors (Lipinski definition) is 6. The number of aromatic nitrogens is 3. The molecule has 6 nitrogen and oxygen atoms in total. The maximum atomic E-state index is 13.2. The van der Waals surface area contributed by atoms with Gasteiger partial charge in [-0.05, 0) is 41.1 Å². The number of hydrogen-bond donors (Lipinski definition) is 0. The normalized spacial score (nSPS) is 11.6. The van der Waals surface area contributed by atoms with Crippen molar-refractivity contribution in [2.45, 2.75) is 11.8 Å². The first-order valence-electron chi connectivity index (χ1n) is 7.75.